The van der Waals surface area contributed by atoms with Crippen molar-refractivity contribution in [3.63, 3.8) is 0 Å². The zero-order valence-electron chi connectivity index (χ0n) is 19.5. The van der Waals surface area contributed by atoms with Crippen molar-refractivity contribution in [2.24, 2.45) is 5.10 Å². The number of anilines is 2. The van der Waals surface area contributed by atoms with Crippen molar-refractivity contribution < 1.29 is 8.42 Å². The Kier molecular flexibility index (Phi) is 5.49. The van der Waals surface area contributed by atoms with Crippen LogP contribution in [0, 0.1) is 6.92 Å². The molecule has 0 bridgehead atoms. The average molecular weight is 485 g/mol. The van der Waals surface area contributed by atoms with Gasteiger partial charge in [0.15, 0.2) is 5.65 Å². The van der Waals surface area contributed by atoms with Gasteiger partial charge in [-0.25, -0.2) is 18.4 Å². The molecule has 8 nitrogen and oxygen atoms in total. The lowest BCUT2D eigenvalue weighted by atomic mass is 10.2. The van der Waals surface area contributed by atoms with Gasteiger partial charge < -0.3 is 10.6 Å². The zero-order valence-corrected chi connectivity index (χ0v) is 20.4. The molecule has 0 saturated heterocycles. The molecule has 2 aromatic heterocycles. The molecule has 0 atom stereocenters. The lowest BCUT2D eigenvalue weighted by Crippen LogP contribution is -2.08. The number of benzene rings is 3. The summed E-state index contributed by atoms with van der Waals surface area (Å²) in [6.07, 6.45) is 1.62. The lowest BCUT2D eigenvalue weighted by molar-refractivity contribution is 0.597. The fourth-order valence-corrected chi connectivity index (χ4v) is 5.48. The molecule has 5 aromatic rings. The largest absolute Gasteiger partial charge is 0.382 e. The molecular weight excluding hydrogens is 460 g/mol. The third-order valence-corrected chi connectivity index (χ3v) is 7.54. The number of hydrogen-bond acceptors (Lipinski definition) is 7. The summed E-state index contributed by atoms with van der Waals surface area (Å²) in [5.74, 6) is -0.0435. The molecule has 0 aliphatic heterocycles. The van der Waals surface area contributed by atoms with Gasteiger partial charge in [0.05, 0.1) is 22.1 Å². The molecule has 0 aliphatic rings. The first-order valence-electron chi connectivity index (χ1n) is 11.0. The number of para-hydroxylation sites is 2. The predicted octanol–water partition coefficient (Wildman–Crippen LogP) is 4.26. The van der Waals surface area contributed by atoms with Crippen LogP contribution in [0.1, 0.15) is 11.1 Å². The molecule has 0 unspecified atom stereocenters. The second kappa shape index (κ2) is 8.52. The van der Waals surface area contributed by atoms with E-state index < -0.39 is 9.84 Å². The van der Waals surface area contributed by atoms with Gasteiger partial charge in [-0.05, 0) is 54.4 Å². The summed E-state index contributed by atoms with van der Waals surface area (Å²) < 4.78 is 28.8. The van der Waals surface area contributed by atoms with Gasteiger partial charge >= 0.3 is 0 Å². The summed E-state index contributed by atoms with van der Waals surface area (Å²) in [4.78, 5) is 11.3. The van der Waals surface area contributed by atoms with Gasteiger partial charge in [-0.3, -0.25) is 0 Å². The third-order valence-electron chi connectivity index (χ3n) is 5.73. The van der Waals surface area contributed by atoms with E-state index in [0.717, 1.165) is 16.8 Å². The van der Waals surface area contributed by atoms with Crippen LogP contribution in [0.4, 0.5) is 11.5 Å². The predicted molar refractivity (Wildman–Crippen MR) is 140 cm³/mol. The van der Waals surface area contributed by atoms with E-state index in [0.29, 0.717) is 11.0 Å². The Morgan fingerprint density at radius 1 is 0.943 bits per heavy atom. The van der Waals surface area contributed by atoms with E-state index in [2.05, 4.69) is 15.1 Å². The van der Waals surface area contributed by atoms with E-state index in [1.54, 1.807) is 30.5 Å². The monoisotopic (exact) mass is 484 g/mol. The summed E-state index contributed by atoms with van der Waals surface area (Å²) in [7, 11) is -0.0580. The fourth-order valence-electron chi connectivity index (χ4n) is 3.89. The van der Waals surface area contributed by atoms with Crippen LogP contribution in [0.15, 0.2) is 87.7 Å². The van der Waals surface area contributed by atoms with Gasteiger partial charge in [0.1, 0.15) is 16.2 Å². The Balaban J connectivity index is 1.74. The van der Waals surface area contributed by atoms with Gasteiger partial charge in [-0.2, -0.15) is 9.78 Å². The summed E-state index contributed by atoms with van der Waals surface area (Å²) in [6.45, 7) is 1.84. The van der Waals surface area contributed by atoms with Crippen LogP contribution in [0.5, 0.6) is 0 Å². The molecule has 0 saturated carbocycles. The quantitative estimate of drug-likeness (QED) is 0.374. The number of rotatable bonds is 5. The highest BCUT2D eigenvalue weighted by atomic mass is 32.2. The van der Waals surface area contributed by atoms with Crippen LogP contribution in [0.3, 0.4) is 0 Å². The molecule has 35 heavy (non-hydrogen) atoms. The minimum atomic E-state index is -3.99. The molecule has 9 heteroatoms. The SMILES string of the molecule is Cc1cccc(S(=O)(=O)c2c(N)n(/N=C/c3ccc(N(C)C)cc3)c3nc4ccccc4nc23)c1. The van der Waals surface area contributed by atoms with E-state index in [1.165, 1.54) is 4.68 Å². The van der Waals surface area contributed by atoms with Gasteiger partial charge in [-0.15, -0.1) is 0 Å². The first kappa shape index (κ1) is 22.5. The van der Waals surface area contributed by atoms with E-state index in [-0.39, 0.29) is 26.8 Å². The van der Waals surface area contributed by atoms with Gasteiger partial charge in [0, 0.05) is 19.8 Å². The molecular formula is C26H24N6O2S. The number of aromatic nitrogens is 3. The number of nitrogen functional groups attached to an aromatic ring is 1. The van der Waals surface area contributed by atoms with Crippen molar-refractivity contribution in [2.75, 3.05) is 24.7 Å². The summed E-state index contributed by atoms with van der Waals surface area (Å²) in [6, 6.07) is 21.8. The number of nitrogens with zero attached hydrogens (tertiary/aromatic N) is 5. The van der Waals surface area contributed by atoms with E-state index >= 15 is 0 Å². The molecule has 0 aliphatic carbocycles. The second-order valence-corrected chi connectivity index (χ2v) is 10.3. The van der Waals surface area contributed by atoms with Crippen LogP contribution in [0.25, 0.3) is 22.2 Å². The number of fused-ring (bicyclic) bond motifs is 2. The van der Waals surface area contributed by atoms with E-state index in [4.69, 9.17) is 5.73 Å². The lowest BCUT2D eigenvalue weighted by Gasteiger charge is -2.11. The highest BCUT2D eigenvalue weighted by Crippen LogP contribution is 2.35. The van der Waals surface area contributed by atoms with Gasteiger partial charge in [0.25, 0.3) is 0 Å². The minimum Gasteiger partial charge on any atom is -0.382 e. The van der Waals surface area contributed by atoms with E-state index in [9.17, 15) is 8.42 Å². The van der Waals surface area contributed by atoms with Crippen molar-refractivity contribution in [1.82, 2.24) is 14.6 Å². The smallest absolute Gasteiger partial charge is 0.212 e. The maximum Gasteiger partial charge on any atom is 0.212 e. The van der Waals surface area contributed by atoms with Crippen molar-refractivity contribution >= 4 is 49.8 Å². The van der Waals surface area contributed by atoms with Crippen LogP contribution < -0.4 is 10.6 Å². The molecule has 2 heterocycles. The number of nitrogens with two attached hydrogens (primary N) is 1. The minimum absolute atomic E-state index is 0.0435. The second-order valence-electron chi connectivity index (χ2n) is 8.46. The Morgan fingerprint density at radius 3 is 2.29 bits per heavy atom. The Morgan fingerprint density at radius 2 is 1.63 bits per heavy atom. The maximum atomic E-state index is 13.7. The fraction of sp³-hybridized carbons (Fsp3) is 0.115. The molecule has 3 aromatic carbocycles. The number of aryl methyl sites for hydroxylation is 1. The topological polar surface area (TPSA) is 106 Å². The molecule has 0 spiro atoms. The van der Waals surface area contributed by atoms with E-state index in [1.807, 2.05) is 74.4 Å². The van der Waals surface area contributed by atoms with Crippen LogP contribution >= 0.6 is 0 Å². The Hall–Kier alpha value is -4.24. The van der Waals surface area contributed by atoms with Crippen LogP contribution in [-0.4, -0.2) is 43.4 Å². The standard InChI is InChI=1S/C26H24N6O2S/c1-17-7-6-8-20(15-17)35(33,34)24-23-26(30-22-10-5-4-9-21(22)29-23)32(25(24)27)28-16-18-11-13-19(14-12-18)31(2)3/h4-16H,27H2,1-3H3/b28-16+. The van der Waals surface area contributed by atoms with Crippen LogP contribution in [0.2, 0.25) is 0 Å². The summed E-state index contributed by atoms with van der Waals surface area (Å²) in [5, 5.41) is 4.52. The molecule has 0 radical (unpaired) electrons. The Bertz CT molecular complexity index is 1700. The summed E-state index contributed by atoms with van der Waals surface area (Å²) in [5.41, 5.74) is 10.8. The molecule has 0 amide bonds. The third kappa shape index (κ3) is 4.00. The van der Waals surface area contributed by atoms with Crippen molar-refractivity contribution in [2.45, 2.75) is 16.7 Å². The molecule has 0 fully saturated rings. The average Bonchev–Trinajstić information content (AvgIpc) is 3.12. The highest BCUT2D eigenvalue weighted by molar-refractivity contribution is 7.92. The van der Waals surface area contributed by atoms with Crippen LogP contribution in [-0.2, 0) is 9.84 Å². The zero-order chi connectivity index (χ0) is 24.7. The molecule has 176 valence electrons. The maximum absolute atomic E-state index is 13.7. The normalized spacial score (nSPS) is 12.1. The van der Waals surface area contributed by atoms with Gasteiger partial charge in [0.2, 0.25) is 9.84 Å². The molecule has 5 rings (SSSR count). The van der Waals surface area contributed by atoms with Gasteiger partial charge in [-0.1, -0.05) is 36.4 Å². The number of hydrogen-bond donors (Lipinski definition) is 1. The van der Waals surface area contributed by atoms with Crippen molar-refractivity contribution in [3.8, 4) is 0 Å². The number of sulfone groups is 1. The van der Waals surface area contributed by atoms with Crippen molar-refractivity contribution in [1.29, 1.82) is 0 Å². The highest BCUT2D eigenvalue weighted by Gasteiger charge is 2.30. The van der Waals surface area contributed by atoms with Crippen molar-refractivity contribution in [3.05, 3.63) is 83.9 Å². The first-order valence-corrected chi connectivity index (χ1v) is 12.4. The Labute approximate surface area is 203 Å². The first-order chi connectivity index (χ1) is 16.8. The molecule has 2 N–H and O–H groups in total. The summed E-state index contributed by atoms with van der Waals surface area (Å²) >= 11 is 0.